The Labute approximate surface area is 87.3 Å². The van der Waals surface area contributed by atoms with Gasteiger partial charge in [-0.25, -0.2) is 0 Å². The number of phenolic OH excluding ortho intramolecular Hbond substituents is 1. The normalized spacial score (nSPS) is 9.53. The highest BCUT2D eigenvalue weighted by molar-refractivity contribution is 5.70. The van der Waals surface area contributed by atoms with E-state index in [0.29, 0.717) is 11.1 Å². The lowest BCUT2D eigenvalue weighted by Crippen LogP contribution is -1.82. The van der Waals surface area contributed by atoms with Crippen molar-refractivity contribution in [2.24, 2.45) is 0 Å². The number of pyridine rings is 1. The maximum absolute atomic E-state index is 9.65. The van der Waals surface area contributed by atoms with Gasteiger partial charge in [0.05, 0.1) is 11.6 Å². The molecule has 0 saturated heterocycles. The molecule has 0 fully saturated rings. The van der Waals surface area contributed by atoms with Crippen LogP contribution in [-0.4, -0.2) is 10.1 Å². The molecule has 0 bridgehead atoms. The predicted octanol–water partition coefficient (Wildman–Crippen LogP) is 2.33. The molecule has 2 aromatic rings. The van der Waals surface area contributed by atoms with Gasteiger partial charge in [0.15, 0.2) is 0 Å². The summed E-state index contributed by atoms with van der Waals surface area (Å²) in [6.07, 6.45) is 3.31. The van der Waals surface area contributed by atoms with Crippen LogP contribution in [0.3, 0.4) is 0 Å². The van der Waals surface area contributed by atoms with Gasteiger partial charge in [0, 0.05) is 23.5 Å². The van der Waals surface area contributed by atoms with Crippen molar-refractivity contribution in [1.82, 2.24) is 4.98 Å². The smallest absolute Gasteiger partial charge is 0.123 e. The Bertz CT molecular complexity index is 515. The Morgan fingerprint density at radius 1 is 1.27 bits per heavy atom. The van der Waals surface area contributed by atoms with Gasteiger partial charge in [-0.2, -0.15) is 5.26 Å². The number of phenols is 1. The lowest BCUT2D eigenvalue weighted by Gasteiger charge is -2.03. The maximum atomic E-state index is 9.65. The fraction of sp³-hybridized carbons (Fsp3) is 0. The first-order chi connectivity index (χ1) is 7.31. The lowest BCUT2D eigenvalue weighted by molar-refractivity contribution is 0.477. The summed E-state index contributed by atoms with van der Waals surface area (Å²) in [7, 11) is 0. The van der Waals surface area contributed by atoms with E-state index in [1.165, 1.54) is 6.07 Å². The average molecular weight is 196 g/mol. The molecule has 0 amide bonds. The fourth-order valence-electron chi connectivity index (χ4n) is 1.36. The topological polar surface area (TPSA) is 56.9 Å². The monoisotopic (exact) mass is 196 g/mol. The van der Waals surface area contributed by atoms with Crippen molar-refractivity contribution >= 4 is 0 Å². The quantitative estimate of drug-likeness (QED) is 0.761. The third-order valence-electron chi connectivity index (χ3n) is 2.10. The Hall–Kier alpha value is -2.34. The zero-order chi connectivity index (χ0) is 10.7. The highest BCUT2D eigenvalue weighted by atomic mass is 16.3. The van der Waals surface area contributed by atoms with E-state index in [1.807, 2.05) is 12.1 Å². The molecule has 3 heteroatoms. The number of hydrogen-bond acceptors (Lipinski definition) is 3. The largest absolute Gasteiger partial charge is 0.507 e. The molecule has 0 aliphatic rings. The van der Waals surface area contributed by atoms with Gasteiger partial charge in [-0.05, 0) is 24.3 Å². The lowest BCUT2D eigenvalue weighted by atomic mass is 10.0. The summed E-state index contributed by atoms with van der Waals surface area (Å²) in [5.41, 5.74) is 1.95. The molecular formula is C12H8N2O. The summed E-state index contributed by atoms with van der Waals surface area (Å²) < 4.78 is 0. The molecule has 15 heavy (non-hydrogen) atoms. The van der Waals surface area contributed by atoms with Gasteiger partial charge in [-0.1, -0.05) is 6.07 Å². The van der Waals surface area contributed by atoms with Crippen LogP contribution in [0.25, 0.3) is 11.1 Å². The van der Waals surface area contributed by atoms with Crippen LogP contribution >= 0.6 is 0 Å². The van der Waals surface area contributed by atoms with Crippen LogP contribution in [0.15, 0.2) is 42.7 Å². The molecule has 1 aromatic carbocycles. The second-order valence-corrected chi connectivity index (χ2v) is 3.09. The molecule has 1 N–H and O–H groups in total. The van der Waals surface area contributed by atoms with E-state index in [0.717, 1.165) is 5.56 Å². The summed E-state index contributed by atoms with van der Waals surface area (Å²) in [4.78, 5) is 3.96. The molecule has 3 nitrogen and oxygen atoms in total. The first kappa shape index (κ1) is 9.22. The third-order valence-corrected chi connectivity index (χ3v) is 2.10. The van der Waals surface area contributed by atoms with E-state index >= 15 is 0 Å². The van der Waals surface area contributed by atoms with Gasteiger partial charge in [0.1, 0.15) is 5.75 Å². The Morgan fingerprint density at radius 2 is 2.13 bits per heavy atom. The number of nitrogens with zero attached hydrogens (tertiary/aromatic N) is 2. The van der Waals surface area contributed by atoms with E-state index in [4.69, 9.17) is 5.26 Å². The maximum Gasteiger partial charge on any atom is 0.123 e. The molecule has 0 aliphatic heterocycles. The summed E-state index contributed by atoms with van der Waals surface area (Å²) in [6.45, 7) is 0. The molecule has 72 valence electrons. The molecule has 0 unspecified atom stereocenters. The van der Waals surface area contributed by atoms with Crippen molar-refractivity contribution in [3.63, 3.8) is 0 Å². The van der Waals surface area contributed by atoms with Crippen molar-refractivity contribution in [1.29, 1.82) is 5.26 Å². The minimum atomic E-state index is 0.155. The molecule has 1 heterocycles. The van der Waals surface area contributed by atoms with Crippen molar-refractivity contribution in [3.05, 3.63) is 48.3 Å². The summed E-state index contributed by atoms with van der Waals surface area (Å²) in [5, 5.41) is 18.4. The molecule has 0 atom stereocenters. The summed E-state index contributed by atoms with van der Waals surface area (Å²) in [6, 6.07) is 10.4. The van der Waals surface area contributed by atoms with Crippen LogP contribution < -0.4 is 0 Å². The van der Waals surface area contributed by atoms with Gasteiger partial charge in [-0.3, -0.25) is 4.98 Å². The molecule has 0 saturated carbocycles. The Balaban J connectivity index is 2.58. The van der Waals surface area contributed by atoms with Crippen LogP contribution in [-0.2, 0) is 0 Å². The van der Waals surface area contributed by atoms with Gasteiger partial charge in [0.2, 0.25) is 0 Å². The Kier molecular flexibility index (Phi) is 2.34. The van der Waals surface area contributed by atoms with Gasteiger partial charge < -0.3 is 5.11 Å². The zero-order valence-corrected chi connectivity index (χ0v) is 7.88. The van der Waals surface area contributed by atoms with Crippen molar-refractivity contribution in [2.45, 2.75) is 0 Å². The molecular weight excluding hydrogens is 188 g/mol. The van der Waals surface area contributed by atoms with Crippen LogP contribution in [0.2, 0.25) is 0 Å². The number of aromatic hydroxyl groups is 1. The molecule has 2 rings (SSSR count). The minimum absolute atomic E-state index is 0.155. The number of rotatable bonds is 1. The number of nitriles is 1. The second-order valence-electron chi connectivity index (χ2n) is 3.09. The van der Waals surface area contributed by atoms with Crippen LogP contribution in [0, 0.1) is 11.3 Å². The molecule has 0 radical (unpaired) electrons. The Morgan fingerprint density at radius 3 is 2.80 bits per heavy atom. The molecule has 0 aliphatic carbocycles. The van der Waals surface area contributed by atoms with Crippen LogP contribution in [0.4, 0.5) is 0 Å². The zero-order valence-electron chi connectivity index (χ0n) is 7.88. The summed E-state index contributed by atoms with van der Waals surface area (Å²) >= 11 is 0. The van der Waals surface area contributed by atoms with Crippen molar-refractivity contribution in [2.75, 3.05) is 0 Å². The van der Waals surface area contributed by atoms with E-state index < -0.39 is 0 Å². The first-order valence-corrected chi connectivity index (χ1v) is 4.45. The highest BCUT2D eigenvalue weighted by Crippen LogP contribution is 2.28. The fourth-order valence-corrected chi connectivity index (χ4v) is 1.36. The van der Waals surface area contributed by atoms with Crippen LogP contribution in [0.1, 0.15) is 5.56 Å². The van der Waals surface area contributed by atoms with E-state index in [9.17, 15) is 5.11 Å². The van der Waals surface area contributed by atoms with Gasteiger partial charge in [-0.15, -0.1) is 0 Å². The van der Waals surface area contributed by atoms with Crippen molar-refractivity contribution < 1.29 is 5.11 Å². The number of benzene rings is 1. The van der Waals surface area contributed by atoms with Crippen molar-refractivity contribution in [3.8, 4) is 22.9 Å². The van der Waals surface area contributed by atoms with Gasteiger partial charge in [0.25, 0.3) is 0 Å². The van der Waals surface area contributed by atoms with E-state index in [2.05, 4.69) is 4.98 Å². The number of aromatic nitrogens is 1. The first-order valence-electron chi connectivity index (χ1n) is 4.45. The summed E-state index contributed by atoms with van der Waals surface area (Å²) in [5.74, 6) is 0.155. The molecule has 1 aromatic heterocycles. The second kappa shape index (κ2) is 3.81. The van der Waals surface area contributed by atoms with E-state index in [1.54, 1.807) is 30.6 Å². The van der Waals surface area contributed by atoms with Gasteiger partial charge >= 0.3 is 0 Å². The molecule has 0 spiro atoms. The predicted molar refractivity (Wildman–Crippen MR) is 56.1 cm³/mol. The standard InChI is InChI=1S/C12H8N2O/c13-7-9-3-4-12(15)11(6-9)10-2-1-5-14-8-10/h1-6,8,15H. The average Bonchev–Trinajstić information content (AvgIpc) is 2.31. The van der Waals surface area contributed by atoms with Crippen LogP contribution in [0.5, 0.6) is 5.75 Å². The van der Waals surface area contributed by atoms with E-state index in [-0.39, 0.29) is 5.75 Å². The third kappa shape index (κ3) is 1.79. The minimum Gasteiger partial charge on any atom is -0.507 e. The highest BCUT2D eigenvalue weighted by Gasteiger charge is 2.04. The number of hydrogen-bond donors (Lipinski definition) is 1. The SMILES string of the molecule is N#Cc1ccc(O)c(-c2cccnc2)c1.